The monoisotopic (exact) mass is 361 g/mol. The van der Waals surface area contributed by atoms with E-state index in [9.17, 15) is 14.0 Å². The normalized spacial score (nSPS) is 19.4. The molecule has 1 aliphatic heterocycles. The molecule has 1 aromatic carbocycles. The number of nitrogens with two attached hydrogens (primary N) is 1. The molecule has 0 bridgehead atoms. The number of carbonyl (C=O) groups excluding carboxylic acids is 2. The summed E-state index contributed by atoms with van der Waals surface area (Å²) in [6, 6.07) is 4.73. The zero-order valence-electron chi connectivity index (χ0n) is 14.3. The number of hydrogen-bond acceptors (Lipinski definition) is 5. The predicted octanol–water partition coefficient (Wildman–Crippen LogP) is 1.59. The molecule has 138 valence electrons. The number of nitrogens with zero attached hydrogens (tertiary/aromatic N) is 1. The molecule has 2 unspecified atom stereocenters. The van der Waals surface area contributed by atoms with E-state index in [-0.39, 0.29) is 30.0 Å². The first-order valence-electron chi connectivity index (χ1n) is 8.28. The third-order valence-electron chi connectivity index (χ3n) is 4.56. The lowest BCUT2D eigenvalue weighted by Gasteiger charge is -2.18. The molecule has 1 aromatic heterocycles. The summed E-state index contributed by atoms with van der Waals surface area (Å²) in [4.78, 5) is 27.4. The first kappa shape index (κ1) is 17.9. The Labute approximate surface area is 149 Å². The van der Waals surface area contributed by atoms with Gasteiger partial charge < -0.3 is 20.5 Å². The average molecular weight is 361 g/mol. The summed E-state index contributed by atoms with van der Waals surface area (Å²) >= 11 is 0. The number of nitrogens with one attached hydrogen (secondary N) is 1. The molecule has 0 radical (unpaired) electrons. The highest BCUT2D eigenvalue weighted by Crippen LogP contribution is 2.31. The summed E-state index contributed by atoms with van der Waals surface area (Å²) in [6.07, 6.45) is 2.17. The molecule has 7 nitrogen and oxygen atoms in total. The second-order valence-corrected chi connectivity index (χ2v) is 6.18. The van der Waals surface area contributed by atoms with E-state index in [1.165, 1.54) is 7.11 Å². The fourth-order valence-corrected chi connectivity index (χ4v) is 3.20. The molecule has 0 aliphatic carbocycles. The van der Waals surface area contributed by atoms with Crippen LogP contribution in [0.25, 0.3) is 10.8 Å². The number of primary amides is 1. The van der Waals surface area contributed by atoms with E-state index < -0.39 is 12.6 Å². The van der Waals surface area contributed by atoms with Crippen LogP contribution in [-0.2, 0) is 4.79 Å². The maximum atomic E-state index is 12.7. The van der Waals surface area contributed by atoms with Gasteiger partial charge in [-0.15, -0.1) is 0 Å². The van der Waals surface area contributed by atoms with Crippen LogP contribution in [0.1, 0.15) is 23.2 Å². The highest BCUT2D eigenvalue weighted by molar-refractivity contribution is 6.01. The number of methoxy groups -OCH3 is 1. The molecule has 26 heavy (non-hydrogen) atoms. The van der Waals surface area contributed by atoms with Gasteiger partial charge in [0.2, 0.25) is 11.8 Å². The number of alkyl halides is 1. The van der Waals surface area contributed by atoms with E-state index in [2.05, 4.69) is 10.3 Å². The van der Waals surface area contributed by atoms with Crippen LogP contribution in [0.5, 0.6) is 11.6 Å². The maximum absolute atomic E-state index is 12.7. The van der Waals surface area contributed by atoms with Gasteiger partial charge in [0.15, 0.2) is 0 Å². The second-order valence-electron chi connectivity index (χ2n) is 6.18. The number of carbonyl (C=O) groups is 2. The van der Waals surface area contributed by atoms with Crippen molar-refractivity contribution in [3.63, 3.8) is 0 Å². The minimum atomic E-state index is -0.592. The molecule has 1 fully saturated rings. The summed E-state index contributed by atoms with van der Waals surface area (Å²) in [5.74, 6) is -0.121. The van der Waals surface area contributed by atoms with Crippen LogP contribution in [-0.4, -0.2) is 43.2 Å². The summed E-state index contributed by atoms with van der Waals surface area (Å²) in [6.45, 7) is -0.294. The highest BCUT2D eigenvalue weighted by Gasteiger charge is 2.32. The Hall–Kier alpha value is -2.90. The van der Waals surface area contributed by atoms with E-state index in [1.807, 2.05) is 0 Å². The highest BCUT2D eigenvalue weighted by atomic mass is 19.1. The van der Waals surface area contributed by atoms with Crippen molar-refractivity contribution in [3.05, 3.63) is 30.0 Å². The number of hydrogen-bond donors (Lipinski definition) is 2. The first-order valence-corrected chi connectivity index (χ1v) is 8.28. The molecular weight excluding hydrogens is 341 g/mol. The standard InChI is InChI=1S/C18H20FN3O4/c1-25-15-8-12-10(6-13(15)17(20)24)3-5-21-18(12)26-9-14-11(2-4-19)7-16(23)22-14/h3,5-6,8,11,14H,2,4,7,9H2,1H3,(H2,20,24)(H,22,23). The van der Waals surface area contributed by atoms with Crippen LogP contribution in [0, 0.1) is 5.92 Å². The van der Waals surface area contributed by atoms with Crippen molar-refractivity contribution in [2.24, 2.45) is 11.7 Å². The molecule has 1 saturated heterocycles. The van der Waals surface area contributed by atoms with Crippen molar-refractivity contribution < 1.29 is 23.5 Å². The average Bonchev–Trinajstić information content (AvgIpc) is 2.98. The van der Waals surface area contributed by atoms with Crippen LogP contribution in [0.2, 0.25) is 0 Å². The Bertz CT molecular complexity index is 843. The van der Waals surface area contributed by atoms with Gasteiger partial charge in [-0.2, -0.15) is 0 Å². The van der Waals surface area contributed by atoms with Gasteiger partial charge in [-0.05, 0) is 35.9 Å². The molecule has 3 N–H and O–H groups in total. The molecule has 2 amide bonds. The van der Waals surface area contributed by atoms with Crippen LogP contribution in [0.15, 0.2) is 24.4 Å². The summed E-state index contributed by atoms with van der Waals surface area (Å²) in [5, 5.41) is 4.19. The van der Waals surface area contributed by atoms with Crippen LogP contribution in [0.4, 0.5) is 4.39 Å². The van der Waals surface area contributed by atoms with Gasteiger partial charge in [0.05, 0.1) is 25.4 Å². The molecule has 1 aliphatic rings. The second kappa shape index (κ2) is 7.55. The number of ether oxygens (including phenoxy) is 2. The summed E-state index contributed by atoms with van der Waals surface area (Å²) < 4.78 is 23.7. The lowest BCUT2D eigenvalue weighted by atomic mass is 9.98. The van der Waals surface area contributed by atoms with Gasteiger partial charge >= 0.3 is 0 Å². The molecule has 0 spiro atoms. The van der Waals surface area contributed by atoms with Crippen molar-refractivity contribution in [3.8, 4) is 11.6 Å². The zero-order chi connectivity index (χ0) is 18.7. The lowest BCUT2D eigenvalue weighted by Crippen LogP contribution is -2.35. The third-order valence-corrected chi connectivity index (χ3v) is 4.56. The molecule has 2 heterocycles. The molecule has 2 atom stereocenters. The SMILES string of the molecule is COc1cc2c(OCC3NC(=O)CC3CCF)nccc2cc1C(N)=O. The van der Waals surface area contributed by atoms with Gasteiger partial charge in [0.1, 0.15) is 12.4 Å². The maximum Gasteiger partial charge on any atom is 0.252 e. The third kappa shape index (κ3) is 3.54. The van der Waals surface area contributed by atoms with Crippen LogP contribution >= 0.6 is 0 Å². The first-order chi connectivity index (χ1) is 12.5. The quantitative estimate of drug-likeness (QED) is 0.779. The minimum absolute atomic E-state index is 0.0986. The van der Waals surface area contributed by atoms with Gasteiger partial charge in [0, 0.05) is 18.0 Å². The number of aromatic nitrogens is 1. The largest absolute Gasteiger partial charge is 0.496 e. The van der Waals surface area contributed by atoms with Crippen molar-refractivity contribution in [1.29, 1.82) is 0 Å². The van der Waals surface area contributed by atoms with Gasteiger partial charge in [-0.25, -0.2) is 4.98 Å². The Balaban J connectivity index is 1.86. The van der Waals surface area contributed by atoms with E-state index >= 15 is 0 Å². The van der Waals surface area contributed by atoms with Gasteiger partial charge in [-0.3, -0.25) is 14.0 Å². The smallest absolute Gasteiger partial charge is 0.252 e. The fraction of sp³-hybridized carbons (Fsp3) is 0.389. The number of amides is 2. The number of rotatable bonds is 7. The van der Waals surface area contributed by atoms with Crippen molar-refractivity contribution in [2.75, 3.05) is 20.4 Å². The van der Waals surface area contributed by atoms with Crippen molar-refractivity contribution >= 4 is 22.6 Å². The molecule has 3 rings (SSSR count). The van der Waals surface area contributed by atoms with E-state index in [0.29, 0.717) is 29.9 Å². The lowest BCUT2D eigenvalue weighted by molar-refractivity contribution is -0.119. The van der Waals surface area contributed by atoms with Gasteiger partial charge in [0.25, 0.3) is 5.91 Å². The van der Waals surface area contributed by atoms with E-state index in [0.717, 1.165) is 5.39 Å². The number of fused-ring (bicyclic) bond motifs is 1. The Morgan fingerprint density at radius 3 is 2.96 bits per heavy atom. The Kier molecular flexibility index (Phi) is 5.20. The van der Waals surface area contributed by atoms with Gasteiger partial charge in [-0.1, -0.05) is 0 Å². The summed E-state index contributed by atoms with van der Waals surface area (Å²) in [7, 11) is 1.44. The number of halogens is 1. The topological polar surface area (TPSA) is 104 Å². The molecule has 8 heteroatoms. The number of benzene rings is 1. The Morgan fingerprint density at radius 2 is 2.27 bits per heavy atom. The van der Waals surface area contributed by atoms with Crippen molar-refractivity contribution in [2.45, 2.75) is 18.9 Å². The number of pyridine rings is 1. The van der Waals surface area contributed by atoms with Crippen LogP contribution < -0.4 is 20.5 Å². The predicted molar refractivity (Wildman–Crippen MR) is 92.9 cm³/mol. The molecule has 2 aromatic rings. The fourth-order valence-electron chi connectivity index (χ4n) is 3.20. The molecular formula is C18H20FN3O4. The summed E-state index contributed by atoms with van der Waals surface area (Å²) in [5.41, 5.74) is 5.65. The minimum Gasteiger partial charge on any atom is -0.496 e. The zero-order valence-corrected chi connectivity index (χ0v) is 14.3. The van der Waals surface area contributed by atoms with Crippen molar-refractivity contribution in [1.82, 2.24) is 10.3 Å². The Morgan fingerprint density at radius 1 is 1.46 bits per heavy atom. The van der Waals surface area contributed by atoms with E-state index in [4.69, 9.17) is 15.2 Å². The molecule has 0 saturated carbocycles. The van der Waals surface area contributed by atoms with E-state index in [1.54, 1.807) is 24.4 Å². The van der Waals surface area contributed by atoms with Crippen LogP contribution in [0.3, 0.4) is 0 Å².